The lowest BCUT2D eigenvalue weighted by Gasteiger charge is -2.40. The summed E-state index contributed by atoms with van der Waals surface area (Å²) in [6.07, 6.45) is 4.43. The van der Waals surface area contributed by atoms with Crippen LogP contribution in [0.2, 0.25) is 0 Å². The molecule has 1 aliphatic carbocycles. The Balaban J connectivity index is 1.42. The number of halogens is 1. The van der Waals surface area contributed by atoms with Crippen LogP contribution in [-0.2, 0) is 24.2 Å². The third-order valence-electron chi connectivity index (χ3n) is 6.39. The molecule has 1 unspecified atom stereocenters. The number of carbonyl (C=O) groups is 1. The SMILES string of the molecule is Cc1ccc2c(c1)c1c3n2CCN(C(=O)CCc2ccc(F)cc2)C3CCC1. The van der Waals surface area contributed by atoms with Crippen LogP contribution in [0.4, 0.5) is 4.39 Å². The molecule has 1 aliphatic heterocycles. The van der Waals surface area contributed by atoms with Crippen molar-refractivity contribution in [3.8, 4) is 0 Å². The van der Waals surface area contributed by atoms with Gasteiger partial charge in [0.1, 0.15) is 5.82 Å². The zero-order chi connectivity index (χ0) is 19.3. The van der Waals surface area contributed by atoms with Crippen molar-refractivity contribution in [2.24, 2.45) is 0 Å². The maximum atomic E-state index is 13.1. The summed E-state index contributed by atoms with van der Waals surface area (Å²) in [4.78, 5) is 15.2. The van der Waals surface area contributed by atoms with Gasteiger partial charge in [-0.15, -0.1) is 0 Å². The number of aryl methyl sites for hydroxylation is 3. The van der Waals surface area contributed by atoms with Crippen molar-refractivity contribution in [3.63, 3.8) is 0 Å². The zero-order valence-corrected chi connectivity index (χ0v) is 16.2. The van der Waals surface area contributed by atoms with Crippen molar-refractivity contribution < 1.29 is 9.18 Å². The first-order valence-corrected chi connectivity index (χ1v) is 10.3. The molecule has 2 aromatic carbocycles. The van der Waals surface area contributed by atoms with Gasteiger partial charge in [-0.2, -0.15) is 0 Å². The van der Waals surface area contributed by atoms with Crippen molar-refractivity contribution in [2.45, 2.75) is 51.6 Å². The summed E-state index contributed by atoms with van der Waals surface area (Å²) < 4.78 is 15.5. The van der Waals surface area contributed by atoms with E-state index in [2.05, 4.69) is 34.6 Å². The van der Waals surface area contributed by atoms with Gasteiger partial charge >= 0.3 is 0 Å². The van der Waals surface area contributed by atoms with Crippen LogP contribution in [0.15, 0.2) is 42.5 Å². The predicted molar refractivity (Wildman–Crippen MR) is 109 cm³/mol. The summed E-state index contributed by atoms with van der Waals surface area (Å²) in [6, 6.07) is 13.4. The topological polar surface area (TPSA) is 25.2 Å². The highest BCUT2D eigenvalue weighted by Crippen LogP contribution is 2.42. The van der Waals surface area contributed by atoms with Crippen molar-refractivity contribution in [1.82, 2.24) is 9.47 Å². The Morgan fingerprint density at radius 3 is 2.79 bits per heavy atom. The van der Waals surface area contributed by atoms with Crippen LogP contribution in [0.5, 0.6) is 0 Å². The highest BCUT2D eigenvalue weighted by molar-refractivity contribution is 5.87. The molecule has 3 aromatic rings. The second-order valence-corrected chi connectivity index (χ2v) is 8.16. The molecule has 28 heavy (non-hydrogen) atoms. The molecular weight excluding hydrogens is 351 g/mol. The molecule has 1 atom stereocenters. The third kappa shape index (κ3) is 2.83. The number of hydrogen-bond donors (Lipinski definition) is 0. The molecule has 1 aromatic heterocycles. The van der Waals surface area contributed by atoms with Gasteiger partial charge in [-0.05, 0) is 68.0 Å². The van der Waals surface area contributed by atoms with E-state index in [1.54, 1.807) is 12.1 Å². The molecule has 0 bridgehead atoms. The van der Waals surface area contributed by atoms with E-state index in [-0.39, 0.29) is 17.8 Å². The first-order chi connectivity index (χ1) is 13.6. The second kappa shape index (κ2) is 6.77. The van der Waals surface area contributed by atoms with Crippen LogP contribution in [0, 0.1) is 12.7 Å². The highest BCUT2D eigenvalue weighted by Gasteiger charge is 2.36. The lowest BCUT2D eigenvalue weighted by atomic mass is 9.89. The van der Waals surface area contributed by atoms with Gasteiger partial charge in [-0.25, -0.2) is 4.39 Å². The molecule has 2 aliphatic rings. The maximum absolute atomic E-state index is 13.1. The normalized spacial score (nSPS) is 18.4. The molecule has 0 fully saturated rings. The first kappa shape index (κ1) is 17.5. The number of amides is 1. The van der Waals surface area contributed by atoms with Crippen molar-refractivity contribution in [2.75, 3.05) is 6.54 Å². The fourth-order valence-corrected chi connectivity index (χ4v) is 5.06. The molecule has 0 radical (unpaired) electrons. The van der Waals surface area contributed by atoms with Gasteiger partial charge in [-0.3, -0.25) is 4.79 Å². The molecule has 2 heterocycles. The van der Waals surface area contributed by atoms with Gasteiger partial charge in [-0.1, -0.05) is 23.8 Å². The first-order valence-electron chi connectivity index (χ1n) is 10.3. The summed E-state index contributed by atoms with van der Waals surface area (Å²) in [7, 11) is 0. The fraction of sp³-hybridized carbons (Fsp3) is 0.375. The minimum absolute atomic E-state index is 0.200. The quantitative estimate of drug-likeness (QED) is 0.635. The van der Waals surface area contributed by atoms with E-state index in [1.807, 2.05) is 0 Å². The van der Waals surface area contributed by atoms with Crippen LogP contribution in [0.1, 0.15) is 47.7 Å². The summed E-state index contributed by atoms with van der Waals surface area (Å²) >= 11 is 0. The molecule has 5 rings (SSSR count). The Labute approximate surface area is 164 Å². The molecule has 0 N–H and O–H groups in total. The average molecular weight is 376 g/mol. The lowest BCUT2D eigenvalue weighted by Crippen LogP contribution is -2.43. The van der Waals surface area contributed by atoms with E-state index >= 15 is 0 Å². The van der Waals surface area contributed by atoms with Gasteiger partial charge in [0.2, 0.25) is 5.91 Å². The molecular formula is C24H25FN2O. The van der Waals surface area contributed by atoms with E-state index in [9.17, 15) is 9.18 Å². The Morgan fingerprint density at radius 2 is 1.96 bits per heavy atom. The largest absolute Gasteiger partial charge is 0.341 e. The Hall–Kier alpha value is -2.62. The third-order valence-corrected chi connectivity index (χ3v) is 6.39. The van der Waals surface area contributed by atoms with E-state index in [4.69, 9.17) is 0 Å². The van der Waals surface area contributed by atoms with E-state index < -0.39 is 0 Å². The molecule has 0 saturated carbocycles. The van der Waals surface area contributed by atoms with Gasteiger partial charge in [0.05, 0.1) is 6.04 Å². The van der Waals surface area contributed by atoms with Crippen LogP contribution in [0.3, 0.4) is 0 Å². The van der Waals surface area contributed by atoms with E-state index in [0.29, 0.717) is 12.8 Å². The van der Waals surface area contributed by atoms with Crippen molar-refractivity contribution in [1.29, 1.82) is 0 Å². The zero-order valence-electron chi connectivity index (χ0n) is 16.2. The molecule has 0 saturated heterocycles. The van der Waals surface area contributed by atoms with Crippen molar-refractivity contribution >= 4 is 16.8 Å². The summed E-state index contributed by atoms with van der Waals surface area (Å²) in [5.74, 6) is -0.0150. The number of carbonyl (C=O) groups excluding carboxylic acids is 1. The Morgan fingerprint density at radius 1 is 1.14 bits per heavy atom. The van der Waals surface area contributed by atoms with Crippen molar-refractivity contribution in [3.05, 3.63) is 70.7 Å². The summed E-state index contributed by atoms with van der Waals surface area (Å²) in [5.41, 5.74) is 6.45. The van der Waals surface area contributed by atoms with Crippen LogP contribution < -0.4 is 0 Å². The Bertz CT molecular complexity index is 1050. The number of fused-ring (bicyclic) bond motifs is 3. The van der Waals surface area contributed by atoms with E-state index in [1.165, 1.54) is 39.9 Å². The molecule has 1 amide bonds. The second-order valence-electron chi connectivity index (χ2n) is 8.16. The smallest absolute Gasteiger partial charge is 0.223 e. The Kier molecular flexibility index (Phi) is 4.22. The molecule has 3 nitrogen and oxygen atoms in total. The number of aromatic nitrogens is 1. The van der Waals surface area contributed by atoms with Crippen LogP contribution in [-0.4, -0.2) is 21.9 Å². The minimum atomic E-state index is -0.232. The summed E-state index contributed by atoms with van der Waals surface area (Å²) in [5, 5.41) is 1.38. The number of nitrogens with zero attached hydrogens (tertiary/aromatic N) is 2. The van der Waals surface area contributed by atoms with Crippen LogP contribution in [0.25, 0.3) is 10.9 Å². The standard InChI is InChI=1S/C24H25FN2O/c1-16-5-11-21-20(15-16)19-3-2-4-22-24(19)27(21)14-13-26(22)23(28)12-8-17-6-9-18(25)10-7-17/h5-7,9-11,15,22H,2-4,8,12-14H2,1H3. The number of benzene rings is 2. The fourth-order valence-electron chi connectivity index (χ4n) is 5.06. The van der Waals surface area contributed by atoms with E-state index in [0.717, 1.165) is 37.9 Å². The van der Waals surface area contributed by atoms with Crippen LogP contribution >= 0.6 is 0 Å². The lowest BCUT2D eigenvalue weighted by molar-refractivity contribution is -0.135. The number of hydrogen-bond acceptors (Lipinski definition) is 1. The average Bonchev–Trinajstić information content (AvgIpc) is 3.02. The molecule has 0 spiro atoms. The summed E-state index contributed by atoms with van der Waals surface area (Å²) in [6.45, 7) is 3.79. The monoisotopic (exact) mass is 376 g/mol. The highest BCUT2D eigenvalue weighted by atomic mass is 19.1. The van der Waals surface area contributed by atoms with Gasteiger partial charge < -0.3 is 9.47 Å². The van der Waals surface area contributed by atoms with Gasteiger partial charge in [0, 0.05) is 36.1 Å². The minimum Gasteiger partial charge on any atom is -0.341 e. The van der Waals surface area contributed by atoms with Gasteiger partial charge in [0.15, 0.2) is 0 Å². The molecule has 144 valence electrons. The molecule has 4 heteroatoms. The maximum Gasteiger partial charge on any atom is 0.223 e. The number of rotatable bonds is 3. The predicted octanol–water partition coefficient (Wildman–Crippen LogP) is 4.94. The van der Waals surface area contributed by atoms with Gasteiger partial charge in [0.25, 0.3) is 0 Å².